The number of carbonyl (C=O) groups excluding carboxylic acids is 1. The quantitative estimate of drug-likeness (QED) is 0.486. The van der Waals surface area contributed by atoms with Crippen molar-refractivity contribution in [2.24, 2.45) is 0 Å². The van der Waals surface area contributed by atoms with Gasteiger partial charge < -0.3 is 14.4 Å². The Morgan fingerprint density at radius 2 is 1.41 bits per heavy atom. The van der Waals surface area contributed by atoms with Crippen molar-refractivity contribution in [2.75, 3.05) is 26.7 Å². The van der Waals surface area contributed by atoms with E-state index >= 15 is 0 Å². The third-order valence-electron chi connectivity index (χ3n) is 3.33. The van der Waals surface area contributed by atoms with Crippen LogP contribution < -0.4 is 5.11 Å². The average molecular weight is 245 g/mol. The summed E-state index contributed by atoms with van der Waals surface area (Å²) in [5.74, 6) is -1.08. The number of carboxylic acid groups (broad SMARTS) is 1. The fraction of sp³-hybridized carbons (Fsp3) is 0.929. The first-order valence-corrected chi connectivity index (χ1v) is 6.93. The second-order valence-corrected chi connectivity index (χ2v) is 4.88. The normalized spacial score (nSPS) is 10.6. The first kappa shape index (κ1) is 18.8. The van der Waals surface area contributed by atoms with E-state index in [-0.39, 0.29) is 0 Å². The summed E-state index contributed by atoms with van der Waals surface area (Å²) in [5, 5.41) is 8.89. The standard InChI is InChI=1S/C12H28N.C2H4O2/c1-5-8-9-10-11-12-13(4,6-2)7-3;1-2(3)4/h5-12H2,1-4H3;1H3,(H,3,4)/q+1;/p-1. The van der Waals surface area contributed by atoms with E-state index in [0.717, 1.165) is 6.92 Å². The molecule has 0 N–H and O–H groups in total. The molecule has 0 radical (unpaired) electrons. The number of nitrogens with zero attached hydrogens (tertiary/aromatic N) is 1. The van der Waals surface area contributed by atoms with E-state index in [1.165, 1.54) is 56.2 Å². The zero-order valence-corrected chi connectivity index (χ0v) is 12.4. The van der Waals surface area contributed by atoms with Gasteiger partial charge in [0.2, 0.25) is 0 Å². The van der Waals surface area contributed by atoms with Crippen molar-refractivity contribution in [1.29, 1.82) is 0 Å². The Hall–Kier alpha value is -0.570. The lowest BCUT2D eigenvalue weighted by Crippen LogP contribution is -2.44. The fourth-order valence-electron chi connectivity index (χ4n) is 1.64. The molecule has 0 heterocycles. The van der Waals surface area contributed by atoms with Crippen LogP contribution in [-0.2, 0) is 4.79 Å². The average Bonchev–Trinajstić information content (AvgIpc) is 2.28. The lowest BCUT2D eigenvalue weighted by Gasteiger charge is -2.32. The Morgan fingerprint density at radius 3 is 1.76 bits per heavy atom. The van der Waals surface area contributed by atoms with E-state index < -0.39 is 5.97 Å². The van der Waals surface area contributed by atoms with E-state index in [2.05, 4.69) is 27.8 Å². The molecule has 0 saturated carbocycles. The molecule has 0 unspecified atom stereocenters. The molecule has 0 saturated heterocycles. The van der Waals surface area contributed by atoms with Crippen LogP contribution in [0.1, 0.15) is 59.8 Å². The van der Waals surface area contributed by atoms with Crippen molar-refractivity contribution in [3.05, 3.63) is 0 Å². The van der Waals surface area contributed by atoms with E-state index in [1.807, 2.05) is 0 Å². The Balaban J connectivity index is 0. The Labute approximate surface area is 107 Å². The van der Waals surface area contributed by atoms with Gasteiger partial charge in [-0.2, -0.15) is 0 Å². The monoisotopic (exact) mass is 245 g/mol. The van der Waals surface area contributed by atoms with Gasteiger partial charge in [0.05, 0.1) is 26.7 Å². The van der Waals surface area contributed by atoms with Gasteiger partial charge in [0, 0.05) is 5.97 Å². The molecule has 0 rings (SSSR count). The predicted octanol–water partition coefficient (Wildman–Crippen LogP) is 2.20. The lowest BCUT2D eigenvalue weighted by atomic mass is 10.1. The minimum absolute atomic E-state index is 0.972. The molecule has 0 spiro atoms. The lowest BCUT2D eigenvalue weighted by molar-refractivity contribution is -0.906. The Kier molecular flexibility index (Phi) is 13.2. The summed E-state index contributed by atoms with van der Waals surface area (Å²) in [6, 6.07) is 0. The third-order valence-corrected chi connectivity index (χ3v) is 3.33. The predicted molar refractivity (Wildman–Crippen MR) is 71.6 cm³/mol. The van der Waals surface area contributed by atoms with E-state index in [0.29, 0.717) is 0 Å². The topological polar surface area (TPSA) is 40.1 Å². The molecular formula is C14H31NO2. The first-order chi connectivity index (χ1) is 7.91. The molecule has 0 aliphatic rings. The summed E-state index contributed by atoms with van der Waals surface area (Å²) in [7, 11) is 2.37. The van der Waals surface area contributed by atoms with Crippen LogP contribution in [0.25, 0.3) is 0 Å². The molecule has 0 aliphatic carbocycles. The molecule has 0 aromatic heterocycles. The number of rotatable bonds is 8. The maximum Gasteiger partial charge on any atom is 0.0784 e. The van der Waals surface area contributed by atoms with Crippen molar-refractivity contribution in [1.82, 2.24) is 0 Å². The van der Waals surface area contributed by atoms with E-state index in [9.17, 15) is 0 Å². The highest BCUT2D eigenvalue weighted by Gasteiger charge is 2.14. The van der Waals surface area contributed by atoms with E-state index in [1.54, 1.807) is 0 Å². The molecule has 0 aromatic rings. The molecule has 0 aromatic carbocycles. The van der Waals surface area contributed by atoms with Crippen LogP contribution in [0.4, 0.5) is 0 Å². The van der Waals surface area contributed by atoms with Gasteiger partial charge in [-0.05, 0) is 33.6 Å². The molecule has 3 nitrogen and oxygen atoms in total. The molecule has 17 heavy (non-hydrogen) atoms. The molecule has 0 amide bonds. The summed E-state index contributed by atoms with van der Waals surface area (Å²) >= 11 is 0. The number of hydrogen-bond donors (Lipinski definition) is 0. The van der Waals surface area contributed by atoms with Crippen LogP contribution >= 0.6 is 0 Å². The van der Waals surface area contributed by atoms with Crippen molar-refractivity contribution < 1.29 is 14.4 Å². The zero-order valence-electron chi connectivity index (χ0n) is 12.4. The van der Waals surface area contributed by atoms with Crippen molar-refractivity contribution >= 4 is 5.97 Å². The van der Waals surface area contributed by atoms with Crippen molar-refractivity contribution in [3.8, 4) is 0 Å². The minimum Gasteiger partial charge on any atom is -0.550 e. The number of carbonyl (C=O) groups is 1. The highest BCUT2D eigenvalue weighted by molar-refractivity contribution is 5.60. The van der Waals surface area contributed by atoms with Gasteiger partial charge in [-0.15, -0.1) is 0 Å². The first-order valence-electron chi connectivity index (χ1n) is 6.93. The van der Waals surface area contributed by atoms with Crippen molar-refractivity contribution in [2.45, 2.75) is 59.8 Å². The van der Waals surface area contributed by atoms with Crippen LogP contribution in [0.2, 0.25) is 0 Å². The summed E-state index contributed by atoms with van der Waals surface area (Å²) in [5.41, 5.74) is 0. The SMILES string of the molecule is CC(=O)[O-].CCCCCCC[N+](C)(CC)CC. The van der Waals surface area contributed by atoms with Gasteiger partial charge in [0.15, 0.2) is 0 Å². The number of carboxylic acids is 1. The maximum absolute atomic E-state index is 8.89. The van der Waals surface area contributed by atoms with Gasteiger partial charge in [0.1, 0.15) is 0 Å². The largest absolute Gasteiger partial charge is 0.550 e. The van der Waals surface area contributed by atoms with Crippen LogP contribution in [0, 0.1) is 0 Å². The molecule has 104 valence electrons. The molecule has 0 atom stereocenters. The summed E-state index contributed by atoms with van der Waals surface area (Å²) in [6.07, 6.45) is 7.05. The number of aliphatic carboxylic acids is 1. The fourth-order valence-corrected chi connectivity index (χ4v) is 1.64. The van der Waals surface area contributed by atoms with Crippen LogP contribution in [0.5, 0.6) is 0 Å². The summed E-state index contributed by atoms with van der Waals surface area (Å²) in [6.45, 7) is 11.8. The summed E-state index contributed by atoms with van der Waals surface area (Å²) < 4.78 is 1.26. The molecule has 0 aliphatic heterocycles. The van der Waals surface area contributed by atoms with Gasteiger partial charge in [-0.1, -0.05) is 26.2 Å². The second-order valence-electron chi connectivity index (χ2n) is 4.88. The molecule has 3 heteroatoms. The number of hydrogen-bond acceptors (Lipinski definition) is 2. The molecule has 0 fully saturated rings. The zero-order chi connectivity index (χ0) is 13.7. The second kappa shape index (κ2) is 11.9. The maximum atomic E-state index is 8.89. The molecule has 0 bridgehead atoms. The van der Waals surface area contributed by atoms with Gasteiger partial charge in [0.25, 0.3) is 0 Å². The number of quaternary nitrogens is 1. The van der Waals surface area contributed by atoms with Crippen LogP contribution in [-0.4, -0.2) is 37.1 Å². The smallest absolute Gasteiger partial charge is 0.0784 e. The van der Waals surface area contributed by atoms with Gasteiger partial charge >= 0.3 is 0 Å². The van der Waals surface area contributed by atoms with Gasteiger partial charge in [-0.25, -0.2) is 0 Å². The van der Waals surface area contributed by atoms with Crippen LogP contribution in [0.15, 0.2) is 0 Å². The minimum atomic E-state index is -1.08. The van der Waals surface area contributed by atoms with Crippen LogP contribution in [0.3, 0.4) is 0 Å². The Bertz CT molecular complexity index is 173. The molecular weight excluding hydrogens is 214 g/mol. The summed E-state index contributed by atoms with van der Waals surface area (Å²) in [4.78, 5) is 8.89. The van der Waals surface area contributed by atoms with Crippen molar-refractivity contribution in [3.63, 3.8) is 0 Å². The third kappa shape index (κ3) is 15.4. The van der Waals surface area contributed by atoms with Gasteiger partial charge in [-0.3, -0.25) is 0 Å². The van der Waals surface area contributed by atoms with E-state index in [4.69, 9.17) is 9.90 Å². The number of unbranched alkanes of at least 4 members (excludes halogenated alkanes) is 4. The Morgan fingerprint density at radius 1 is 1.00 bits per heavy atom. The highest BCUT2D eigenvalue weighted by Crippen LogP contribution is 2.08. The highest BCUT2D eigenvalue weighted by atomic mass is 16.4.